The number of hydrogen-bond donors (Lipinski definition) is 2. The lowest BCUT2D eigenvalue weighted by atomic mass is 9.89. The highest BCUT2D eigenvalue weighted by Crippen LogP contribution is 2.32. The maximum atomic E-state index is 13.5. The monoisotopic (exact) mass is 347 g/mol. The lowest BCUT2D eigenvalue weighted by molar-refractivity contribution is -0.126. The van der Waals surface area contributed by atoms with Crippen LogP contribution in [0.4, 0.5) is 10.1 Å². The van der Waals surface area contributed by atoms with E-state index in [1.165, 1.54) is 23.1 Å². The minimum atomic E-state index is -0.663. The van der Waals surface area contributed by atoms with Gasteiger partial charge in [-0.05, 0) is 37.6 Å². The van der Waals surface area contributed by atoms with Gasteiger partial charge in [0.15, 0.2) is 0 Å². The van der Waals surface area contributed by atoms with Crippen LogP contribution in [-0.2, 0) is 16.0 Å². The van der Waals surface area contributed by atoms with Crippen molar-refractivity contribution in [2.45, 2.75) is 32.6 Å². The number of aryl methyl sites for hydroxylation is 2. The Morgan fingerprint density at radius 3 is 2.96 bits per heavy atom. The summed E-state index contributed by atoms with van der Waals surface area (Å²) in [5.74, 6) is -1.58. The Hall–Kier alpha value is -2.28. The van der Waals surface area contributed by atoms with Crippen molar-refractivity contribution in [1.82, 2.24) is 10.3 Å². The largest absolute Gasteiger partial charge is 0.355 e. The second kappa shape index (κ2) is 6.68. The van der Waals surface area contributed by atoms with Gasteiger partial charge in [0.2, 0.25) is 11.8 Å². The van der Waals surface area contributed by atoms with Crippen LogP contribution in [-0.4, -0.2) is 23.3 Å². The van der Waals surface area contributed by atoms with Crippen LogP contribution in [0.5, 0.6) is 0 Å². The summed E-state index contributed by atoms with van der Waals surface area (Å²) in [5, 5.41) is 6.48. The number of carbonyl (C=O) groups is 2. The number of anilines is 1. The molecule has 1 aromatic heterocycles. The van der Waals surface area contributed by atoms with Gasteiger partial charge in [-0.2, -0.15) is 0 Å². The lowest BCUT2D eigenvalue weighted by Crippen LogP contribution is -2.36. The smallest absolute Gasteiger partial charge is 0.228 e. The van der Waals surface area contributed by atoms with Gasteiger partial charge in [0, 0.05) is 30.0 Å². The number of halogens is 1. The molecule has 0 saturated heterocycles. The van der Waals surface area contributed by atoms with Crippen LogP contribution in [0.15, 0.2) is 18.2 Å². The van der Waals surface area contributed by atoms with Gasteiger partial charge < -0.3 is 10.6 Å². The molecule has 0 bridgehead atoms. The maximum Gasteiger partial charge on any atom is 0.228 e. The molecule has 5 nitrogen and oxygen atoms in total. The third-order valence-electron chi connectivity index (χ3n) is 4.08. The van der Waals surface area contributed by atoms with Gasteiger partial charge in [-0.25, -0.2) is 9.37 Å². The molecule has 0 aliphatic carbocycles. The first-order chi connectivity index (χ1) is 11.4. The highest BCUT2D eigenvalue weighted by atomic mass is 32.1. The molecule has 1 atom stereocenters. The van der Waals surface area contributed by atoms with Crippen molar-refractivity contribution in [2.75, 3.05) is 11.9 Å². The van der Waals surface area contributed by atoms with E-state index in [-0.39, 0.29) is 18.2 Å². The van der Waals surface area contributed by atoms with Crippen molar-refractivity contribution in [3.8, 4) is 0 Å². The van der Waals surface area contributed by atoms with E-state index in [9.17, 15) is 14.0 Å². The summed E-state index contributed by atoms with van der Waals surface area (Å²) in [4.78, 5) is 29.8. The number of nitrogens with one attached hydrogen (secondary N) is 2. The minimum Gasteiger partial charge on any atom is -0.355 e. The molecule has 1 aromatic carbocycles. The summed E-state index contributed by atoms with van der Waals surface area (Å²) in [7, 11) is 0. The standard InChI is InChI=1S/C17H18FN3O2S/c1-9-10(2)24-16(20-9)5-6-19-17(23)13-8-15(22)21-14-4-3-11(18)7-12(13)14/h3-4,7,13H,5-6,8H2,1-2H3,(H,19,23)(H,21,22). The van der Waals surface area contributed by atoms with Crippen molar-refractivity contribution in [3.63, 3.8) is 0 Å². The molecule has 0 fully saturated rings. The van der Waals surface area contributed by atoms with Crippen LogP contribution in [0.2, 0.25) is 0 Å². The molecule has 0 spiro atoms. The molecule has 0 radical (unpaired) electrons. The van der Waals surface area contributed by atoms with E-state index in [0.717, 1.165) is 10.7 Å². The second-order valence-electron chi connectivity index (χ2n) is 5.83. The Morgan fingerprint density at radius 2 is 2.25 bits per heavy atom. The van der Waals surface area contributed by atoms with Crippen LogP contribution in [0.25, 0.3) is 0 Å². The zero-order valence-corrected chi connectivity index (χ0v) is 14.3. The number of nitrogens with zero attached hydrogens (tertiary/aromatic N) is 1. The normalized spacial score (nSPS) is 16.5. The van der Waals surface area contributed by atoms with E-state index in [4.69, 9.17) is 0 Å². The average Bonchev–Trinajstić information content (AvgIpc) is 2.85. The van der Waals surface area contributed by atoms with Crippen LogP contribution < -0.4 is 10.6 Å². The fourth-order valence-electron chi connectivity index (χ4n) is 2.73. The third-order valence-corrected chi connectivity index (χ3v) is 5.21. The molecule has 3 rings (SSSR count). The Bertz CT molecular complexity index is 784. The Kier molecular flexibility index (Phi) is 4.62. The van der Waals surface area contributed by atoms with Crippen LogP contribution in [0.3, 0.4) is 0 Å². The van der Waals surface area contributed by atoms with Gasteiger partial charge in [0.25, 0.3) is 0 Å². The van der Waals surface area contributed by atoms with E-state index >= 15 is 0 Å². The fourth-order valence-corrected chi connectivity index (χ4v) is 3.66. The third kappa shape index (κ3) is 3.46. The number of aromatic nitrogens is 1. The van der Waals surface area contributed by atoms with Crippen molar-refractivity contribution in [2.24, 2.45) is 0 Å². The summed E-state index contributed by atoms with van der Waals surface area (Å²) < 4.78 is 13.5. The van der Waals surface area contributed by atoms with Crippen LogP contribution in [0.1, 0.15) is 33.5 Å². The first kappa shape index (κ1) is 16.6. The summed E-state index contributed by atoms with van der Waals surface area (Å²) in [5.41, 5.74) is 2.03. The van der Waals surface area contributed by atoms with E-state index in [1.807, 2.05) is 13.8 Å². The summed E-state index contributed by atoms with van der Waals surface area (Å²) in [6.07, 6.45) is 0.664. The van der Waals surface area contributed by atoms with E-state index in [1.54, 1.807) is 11.3 Å². The van der Waals surface area contributed by atoms with E-state index in [2.05, 4.69) is 15.6 Å². The SMILES string of the molecule is Cc1nc(CCNC(=O)C2CC(=O)Nc3ccc(F)cc32)sc1C. The van der Waals surface area contributed by atoms with Crippen molar-refractivity contribution in [3.05, 3.63) is 45.2 Å². The number of fused-ring (bicyclic) bond motifs is 1. The van der Waals surface area contributed by atoms with Gasteiger partial charge in [-0.1, -0.05) is 0 Å². The van der Waals surface area contributed by atoms with Crippen LogP contribution in [0, 0.1) is 19.7 Å². The molecule has 1 aliphatic heterocycles. The van der Waals surface area contributed by atoms with Gasteiger partial charge in [-0.15, -0.1) is 11.3 Å². The molecule has 126 valence electrons. The molecular formula is C17H18FN3O2S. The van der Waals surface area contributed by atoms with Crippen molar-refractivity contribution >= 4 is 28.8 Å². The fraction of sp³-hybridized carbons (Fsp3) is 0.353. The van der Waals surface area contributed by atoms with Crippen molar-refractivity contribution in [1.29, 1.82) is 0 Å². The molecule has 2 N–H and O–H groups in total. The number of benzene rings is 1. The quantitative estimate of drug-likeness (QED) is 0.893. The molecule has 2 aromatic rings. The Morgan fingerprint density at radius 1 is 1.46 bits per heavy atom. The highest BCUT2D eigenvalue weighted by Gasteiger charge is 2.30. The summed E-state index contributed by atoms with van der Waals surface area (Å²) in [6, 6.07) is 4.07. The lowest BCUT2D eigenvalue weighted by Gasteiger charge is -2.24. The molecule has 2 amide bonds. The first-order valence-electron chi connectivity index (χ1n) is 7.74. The molecule has 2 heterocycles. The minimum absolute atomic E-state index is 0.0256. The van der Waals surface area contributed by atoms with E-state index in [0.29, 0.717) is 24.2 Å². The predicted molar refractivity (Wildman–Crippen MR) is 90.7 cm³/mol. The van der Waals surface area contributed by atoms with Crippen LogP contribution >= 0.6 is 11.3 Å². The van der Waals surface area contributed by atoms with Gasteiger partial charge in [0.1, 0.15) is 5.82 Å². The Labute approximate surface area is 143 Å². The topological polar surface area (TPSA) is 71.1 Å². The number of thiazole rings is 1. The van der Waals surface area contributed by atoms with E-state index < -0.39 is 11.7 Å². The number of rotatable bonds is 4. The molecule has 24 heavy (non-hydrogen) atoms. The Balaban J connectivity index is 1.66. The molecular weight excluding hydrogens is 329 g/mol. The molecule has 0 saturated carbocycles. The zero-order chi connectivity index (χ0) is 17.3. The second-order valence-corrected chi connectivity index (χ2v) is 7.11. The average molecular weight is 347 g/mol. The summed E-state index contributed by atoms with van der Waals surface area (Å²) >= 11 is 1.62. The van der Waals surface area contributed by atoms with Gasteiger partial charge in [-0.3, -0.25) is 9.59 Å². The number of hydrogen-bond acceptors (Lipinski definition) is 4. The highest BCUT2D eigenvalue weighted by molar-refractivity contribution is 7.11. The zero-order valence-electron chi connectivity index (χ0n) is 13.5. The van der Waals surface area contributed by atoms with Gasteiger partial charge in [0.05, 0.1) is 16.6 Å². The van der Waals surface area contributed by atoms with Gasteiger partial charge >= 0.3 is 0 Å². The number of carbonyl (C=O) groups excluding carboxylic acids is 2. The first-order valence-corrected chi connectivity index (χ1v) is 8.55. The molecule has 7 heteroatoms. The molecule has 1 unspecified atom stereocenters. The molecule has 1 aliphatic rings. The summed E-state index contributed by atoms with van der Waals surface area (Å²) in [6.45, 7) is 4.41. The number of amides is 2. The predicted octanol–water partition coefficient (Wildman–Crippen LogP) is 2.68. The maximum absolute atomic E-state index is 13.5. The van der Waals surface area contributed by atoms with Crippen molar-refractivity contribution < 1.29 is 14.0 Å².